The molecule has 2 aromatic carbocycles. The van der Waals surface area contributed by atoms with Crippen LogP contribution in [0, 0.1) is 10.1 Å². The van der Waals surface area contributed by atoms with E-state index >= 15 is 0 Å². The average molecular weight is 303 g/mol. The van der Waals surface area contributed by atoms with E-state index in [0.29, 0.717) is 6.61 Å². The molecule has 0 radical (unpaired) electrons. The Balaban J connectivity index is 2.05. The van der Waals surface area contributed by atoms with E-state index in [1.54, 1.807) is 23.9 Å². The summed E-state index contributed by atoms with van der Waals surface area (Å²) in [5.41, 5.74) is 1.24. The van der Waals surface area contributed by atoms with Gasteiger partial charge in [0.25, 0.3) is 5.69 Å². The van der Waals surface area contributed by atoms with E-state index in [1.165, 1.54) is 6.07 Å². The van der Waals surface area contributed by atoms with E-state index in [-0.39, 0.29) is 16.7 Å². The van der Waals surface area contributed by atoms with Crippen molar-refractivity contribution in [2.75, 3.05) is 12.4 Å². The lowest BCUT2D eigenvalue weighted by Crippen LogP contribution is -2.07. The normalized spacial score (nSPS) is 12.0. The summed E-state index contributed by atoms with van der Waals surface area (Å²) in [6.07, 6.45) is -0.0135. The quantitative estimate of drug-likeness (QED) is 0.430. The molecule has 0 saturated carbocycles. The van der Waals surface area contributed by atoms with E-state index < -0.39 is 0 Å². The van der Waals surface area contributed by atoms with Crippen LogP contribution in [0.2, 0.25) is 0 Å². The molecule has 0 fully saturated rings. The lowest BCUT2D eigenvalue weighted by atomic mass is 10.1. The van der Waals surface area contributed by atoms with Crippen molar-refractivity contribution < 1.29 is 9.66 Å². The van der Waals surface area contributed by atoms with Gasteiger partial charge in [0.2, 0.25) is 0 Å². The highest BCUT2D eigenvalue weighted by Crippen LogP contribution is 2.29. The predicted molar refractivity (Wildman–Crippen MR) is 84.6 cm³/mol. The van der Waals surface area contributed by atoms with Crippen LogP contribution in [0.15, 0.2) is 59.5 Å². The molecule has 21 heavy (non-hydrogen) atoms. The minimum atomic E-state index is -0.374. The van der Waals surface area contributed by atoms with Gasteiger partial charge in [0.05, 0.1) is 11.0 Å². The molecule has 2 aromatic rings. The standard InChI is InChI=1S/C16H17NO3S/c1-2-20-16(13-7-4-3-5-8-13)12-21-15-10-6-9-14(11-15)17(18)19/h3-11,16H,2,12H2,1H3. The van der Waals surface area contributed by atoms with Gasteiger partial charge in [0.15, 0.2) is 0 Å². The SMILES string of the molecule is CCOC(CSc1cccc([N+](=O)[O-])c1)c1ccccc1. The second-order valence-electron chi connectivity index (χ2n) is 4.42. The summed E-state index contributed by atoms with van der Waals surface area (Å²) in [7, 11) is 0. The maximum Gasteiger partial charge on any atom is 0.270 e. The Morgan fingerprint density at radius 2 is 1.95 bits per heavy atom. The molecule has 0 aromatic heterocycles. The van der Waals surface area contributed by atoms with Gasteiger partial charge in [-0.15, -0.1) is 11.8 Å². The fraction of sp³-hybridized carbons (Fsp3) is 0.250. The topological polar surface area (TPSA) is 52.4 Å². The molecule has 1 unspecified atom stereocenters. The lowest BCUT2D eigenvalue weighted by Gasteiger charge is -2.17. The van der Waals surface area contributed by atoms with E-state index in [1.807, 2.05) is 43.3 Å². The van der Waals surface area contributed by atoms with Gasteiger partial charge in [-0.05, 0) is 18.6 Å². The molecule has 0 heterocycles. The van der Waals surface area contributed by atoms with Crippen LogP contribution in [0.25, 0.3) is 0 Å². The van der Waals surface area contributed by atoms with E-state index in [0.717, 1.165) is 16.2 Å². The van der Waals surface area contributed by atoms with Crippen molar-refractivity contribution in [1.82, 2.24) is 0 Å². The van der Waals surface area contributed by atoms with Gasteiger partial charge in [-0.2, -0.15) is 0 Å². The number of rotatable bonds is 7. The highest BCUT2D eigenvalue weighted by molar-refractivity contribution is 7.99. The van der Waals surface area contributed by atoms with Gasteiger partial charge in [-0.25, -0.2) is 0 Å². The summed E-state index contributed by atoms with van der Waals surface area (Å²) in [4.78, 5) is 11.3. The molecule has 0 aliphatic rings. The highest BCUT2D eigenvalue weighted by Gasteiger charge is 2.13. The number of nitro benzene ring substituents is 1. The predicted octanol–water partition coefficient (Wildman–Crippen LogP) is 4.46. The summed E-state index contributed by atoms with van der Waals surface area (Å²) in [5.74, 6) is 0.721. The van der Waals surface area contributed by atoms with Crippen molar-refractivity contribution in [3.8, 4) is 0 Å². The number of non-ortho nitro benzene ring substituents is 1. The lowest BCUT2D eigenvalue weighted by molar-refractivity contribution is -0.385. The summed E-state index contributed by atoms with van der Waals surface area (Å²) < 4.78 is 5.77. The summed E-state index contributed by atoms with van der Waals surface area (Å²) in [6.45, 7) is 2.60. The Kier molecular flexibility index (Phi) is 5.78. The van der Waals surface area contributed by atoms with Gasteiger partial charge in [0.1, 0.15) is 0 Å². The second kappa shape index (κ2) is 7.81. The number of hydrogen-bond acceptors (Lipinski definition) is 4. The number of benzene rings is 2. The smallest absolute Gasteiger partial charge is 0.270 e. The van der Waals surface area contributed by atoms with Crippen molar-refractivity contribution in [2.45, 2.75) is 17.9 Å². The molecule has 0 aliphatic carbocycles. The van der Waals surface area contributed by atoms with Crippen LogP contribution in [0.4, 0.5) is 5.69 Å². The molecule has 0 bridgehead atoms. The Labute approximate surface area is 128 Å². The number of nitro groups is 1. The van der Waals surface area contributed by atoms with Gasteiger partial charge in [0, 0.05) is 29.4 Å². The Morgan fingerprint density at radius 3 is 2.62 bits per heavy atom. The van der Waals surface area contributed by atoms with Crippen molar-refractivity contribution in [3.63, 3.8) is 0 Å². The second-order valence-corrected chi connectivity index (χ2v) is 5.51. The number of ether oxygens (including phenoxy) is 1. The summed E-state index contributed by atoms with van der Waals surface area (Å²) >= 11 is 1.57. The van der Waals surface area contributed by atoms with Gasteiger partial charge in [-0.3, -0.25) is 10.1 Å². The van der Waals surface area contributed by atoms with Crippen LogP contribution in [0.3, 0.4) is 0 Å². The first-order chi connectivity index (χ1) is 10.2. The first kappa shape index (κ1) is 15.5. The largest absolute Gasteiger partial charge is 0.373 e. The van der Waals surface area contributed by atoms with Crippen molar-refractivity contribution in [3.05, 3.63) is 70.3 Å². The monoisotopic (exact) mass is 303 g/mol. The van der Waals surface area contributed by atoms with E-state index in [4.69, 9.17) is 4.74 Å². The molecule has 4 nitrogen and oxygen atoms in total. The highest BCUT2D eigenvalue weighted by atomic mass is 32.2. The molecule has 110 valence electrons. The Hall–Kier alpha value is -1.85. The maximum absolute atomic E-state index is 10.8. The molecule has 0 N–H and O–H groups in total. The third-order valence-corrected chi connectivity index (χ3v) is 4.03. The minimum absolute atomic E-state index is 0.0135. The average Bonchev–Trinajstić information content (AvgIpc) is 2.52. The van der Waals surface area contributed by atoms with Crippen LogP contribution < -0.4 is 0 Å². The van der Waals surface area contributed by atoms with Crippen molar-refractivity contribution in [1.29, 1.82) is 0 Å². The third kappa shape index (κ3) is 4.58. The third-order valence-electron chi connectivity index (χ3n) is 2.97. The molecular weight excluding hydrogens is 286 g/mol. The Bertz CT molecular complexity index is 589. The van der Waals surface area contributed by atoms with E-state index in [9.17, 15) is 10.1 Å². The molecule has 0 amide bonds. The molecule has 5 heteroatoms. The number of hydrogen-bond donors (Lipinski definition) is 0. The Morgan fingerprint density at radius 1 is 1.19 bits per heavy atom. The minimum Gasteiger partial charge on any atom is -0.373 e. The summed E-state index contributed by atoms with van der Waals surface area (Å²) in [5, 5.41) is 10.8. The molecule has 0 spiro atoms. The van der Waals surface area contributed by atoms with Gasteiger partial charge < -0.3 is 4.74 Å². The van der Waals surface area contributed by atoms with Gasteiger partial charge in [-0.1, -0.05) is 36.4 Å². The first-order valence-corrected chi connectivity index (χ1v) is 7.73. The fourth-order valence-corrected chi connectivity index (χ4v) is 2.98. The first-order valence-electron chi connectivity index (χ1n) is 6.74. The van der Waals surface area contributed by atoms with Crippen LogP contribution in [0.1, 0.15) is 18.6 Å². The fourth-order valence-electron chi connectivity index (χ4n) is 1.97. The maximum atomic E-state index is 10.8. The zero-order valence-electron chi connectivity index (χ0n) is 11.8. The van der Waals surface area contributed by atoms with E-state index in [2.05, 4.69) is 0 Å². The number of nitrogens with zero attached hydrogens (tertiary/aromatic N) is 1. The zero-order chi connectivity index (χ0) is 15.1. The van der Waals surface area contributed by atoms with Crippen LogP contribution in [0.5, 0.6) is 0 Å². The molecular formula is C16H17NO3S. The molecule has 0 saturated heterocycles. The van der Waals surface area contributed by atoms with Crippen molar-refractivity contribution >= 4 is 17.4 Å². The van der Waals surface area contributed by atoms with Crippen LogP contribution in [-0.4, -0.2) is 17.3 Å². The molecule has 1 atom stereocenters. The zero-order valence-corrected chi connectivity index (χ0v) is 12.6. The molecule has 2 rings (SSSR count). The molecule has 0 aliphatic heterocycles. The van der Waals surface area contributed by atoms with Crippen LogP contribution >= 0.6 is 11.8 Å². The summed E-state index contributed by atoms with van der Waals surface area (Å²) in [6, 6.07) is 16.7. The number of thioether (sulfide) groups is 1. The van der Waals surface area contributed by atoms with Gasteiger partial charge >= 0.3 is 0 Å². The van der Waals surface area contributed by atoms with Crippen LogP contribution in [-0.2, 0) is 4.74 Å². The van der Waals surface area contributed by atoms with Crippen molar-refractivity contribution in [2.24, 2.45) is 0 Å².